The largest absolute Gasteiger partial charge is 0.364 e. The second-order valence-electron chi connectivity index (χ2n) is 6.57. The summed E-state index contributed by atoms with van der Waals surface area (Å²) in [6.45, 7) is 2.52. The number of benzene rings is 1. The molecule has 1 aliphatic rings. The molecule has 1 aliphatic heterocycles. The van der Waals surface area contributed by atoms with Crippen molar-refractivity contribution in [2.24, 2.45) is 5.73 Å². The van der Waals surface area contributed by atoms with Gasteiger partial charge in [0, 0.05) is 12.7 Å². The fourth-order valence-electron chi connectivity index (χ4n) is 3.11. The lowest BCUT2D eigenvalue weighted by molar-refractivity contribution is -0.132. The van der Waals surface area contributed by atoms with E-state index in [1.807, 2.05) is 18.2 Å². The zero-order valence-corrected chi connectivity index (χ0v) is 17.0. The van der Waals surface area contributed by atoms with Crippen LogP contribution in [-0.2, 0) is 16.0 Å². The van der Waals surface area contributed by atoms with Crippen LogP contribution in [0.5, 0.6) is 0 Å². The maximum Gasteiger partial charge on any atom is 0.249 e. The fraction of sp³-hybridized carbons (Fsp3) is 0.400. The molecule has 2 heterocycles. The predicted octanol–water partition coefficient (Wildman–Crippen LogP) is 3.14. The lowest BCUT2D eigenvalue weighted by Crippen LogP contribution is -2.38. The Balaban J connectivity index is 0.00000182. The van der Waals surface area contributed by atoms with Gasteiger partial charge < -0.3 is 15.8 Å². The highest BCUT2D eigenvalue weighted by atomic mass is 35.5. The Bertz CT molecular complexity index is 698. The number of amides is 1. The van der Waals surface area contributed by atoms with Crippen molar-refractivity contribution < 1.29 is 9.53 Å². The molecular formula is C20H27Cl2N3O2. The van der Waals surface area contributed by atoms with Gasteiger partial charge in [-0.3, -0.25) is 9.78 Å². The fourth-order valence-corrected chi connectivity index (χ4v) is 3.11. The molecule has 0 bridgehead atoms. The Morgan fingerprint density at radius 3 is 2.56 bits per heavy atom. The van der Waals surface area contributed by atoms with Crippen molar-refractivity contribution in [1.82, 2.24) is 10.3 Å². The minimum Gasteiger partial charge on any atom is -0.364 e. The molecule has 1 unspecified atom stereocenters. The van der Waals surface area contributed by atoms with Crippen molar-refractivity contribution >= 4 is 30.7 Å². The number of nitrogens with two attached hydrogens (primary N) is 1. The van der Waals surface area contributed by atoms with Gasteiger partial charge in [0.1, 0.15) is 6.10 Å². The summed E-state index contributed by atoms with van der Waals surface area (Å²) in [5.41, 5.74) is 8.87. The smallest absolute Gasteiger partial charge is 0.249 e. The van der Waals surface area contributed by atoms with Gasteiger partial charge in [0.25, 0.3) is 0 Å². The van der Waals surface area contributed by atoms with Crippen LogP contribution in [0.3, 0.4) is 0 Å². The molecule has 1 aromatic carbocycles. The summed E-state index contributed by atoms with van der Waals surface area (Å²) in [5.74, 6) is -0.0845. The van der Waals surface area contributed by atoms with E-state index in [0.717, 1.165) is 17.7 Å². The van der Waals surface area contributed by atoms with Crippen LogP contribution in [0.15, 0.2) is 48.7 Å². The summed E-state index contributed by atoms with van der Waals surface area (Å²) in [4.78, 5) is 17.1. The molecule has 1 aromatic heterocycles. The number of carbonyl (C=O) groups excluding carboxylic acids is 1. The van der Waals surface area contributed by atoms with Crippen molar-refractivity contribution in [3.05, 3.63) is 65.5 Å². The molecular weight excluding hydrogens is 385 g/mol. The van der Waals surface area contributed by atoms with Crippen molar-refractivity contribution in [1.29, 1.82) is 0 Å². The van der Waals surface area contributed by atoms with Crippen LogP contribution in [0.1, 0.15) is 35.7 Å². The Morgan fingerprint density at radius 2 is 1.96 bits per heavy atom. The molecule has 0 spiro atoms. The van der Waals surface area contributed by atoms with E-state index >= 15 is 0 Å². The molecule has 148 valence electrons. The molecule has 1 fully saturated rings. The Kier molecular flexibility index (Phi) is 9.74. The lowest BCUT2D eigenvalue weighted by atomic mass is 10.0. The summed E-state index contributed by atoms with van der Waals surface area (Å²) < 4.78 is 5.72. The van der Waals surface area contributed by atoms with Crippen LogP contribution < -0.4 is 11.1 Å². The van der Waals surface area contributed by atoms with Gasteiger partial charge in [-0.2, -0.15) is 0 Å². The second kappa shape index (κ2) is 11.2. The van der Waals surface area contributed by atoms with Crippen molar-refractivity contribution in [2.45, 2.75) is 44.4 Å². The zero-order chi connectivity index (χ0) is 17.6. The van der Waals surface area contributed by atoms with Crippen LogP contribution in [-0.4, -0.2) is 29.6 Å². The predicted molar refractivity (Wildman–Crippen MR) is 111 cm³/mol. The molecule has 3 atom stereocenters. The van der Waals surface area contributed by atoms with Crippen LogP contribution in [0, 0.1) is 6.92 Å². The topological polar surface area (TPSA) is 77.2 Å². The number of pyridine rings is 1. The van der Waals surface area contributed by atoms with Gasteiger partial charge in [0.05, 0.1) is 17.8 Å². The molecule has 3 N–H and O–H groups in total. The van der Waals surface area contributed by atoms with E-state index in [2.05, 4.69) is 41.5 Å². The lowest BCUT2D eigenvalue weighted by Gasteiger charge is -2.21. The van der Waals surface area contributed by atoms with Crippen LogP contribution in [0.25, 0.3) is 0 Å². The maximum atomic E-state index is 12.6. The van der Waals surface area contributed by atoms with E-state index in [4.69, 9.17) is 10.5 Å². The van der Waals surface area contributed by atoms with Gasteiger partial charge in [0.15, 0.2) is 0 Å². The van der Waals surface area contributed by atoms with Gasteiger partial charge >= 0.3 is 0 Å². The summed E-state index contributed by atoms with van der Waals surface area (Å²) in [6, 6.07) is 13.9. The van der Waals surface area contributed by atoms with Gasteiger partial charge in [-0.1, -0.05) is 35.9 Å². The van der Waals surface area contributed by atoms with E-state index in [-0.39, 0.29) is 42.9 Å². The third-order valence-electron chi connectivity index (χ3n) is 4.58. The van der Waals surface area contributed by atoms with Crippen molar-refractivity contribution in [2.75, 3.05) is 6.54 Å². The number of ether oxygens (including phenoxy) is 1. The number of carbonyl (C=O) groups is 1. The normalized spacial score (nSPS) is 19.5. The van der Waals surface area contributed by atoms with Gasteiger partial charge in [-0.05, 0) is 43.9 Å². The number of halogens is 2. The first-order valence-corrected chi connectivity index (χ1v) is 8.78. The third-order valence-corrected chi connectivity index (χ3v) is 4.58. The monoisotopic (exact) mass is 411 g/mol. The number of nitrogens with one attached hydrogen (secondary N) is 1. The summed E-state index contributed by atoms with van der Waals surface area (Å²) >= 11 is 0. The highest BCUT2D eigenvalue weighted by Crippen LogP contribution is 2.22. The molecule has 5 nitrogen and oxygen atoms in total. The van der Waals surface area contributed by atoms with Crippen molar-refractivity contribution in [3.63, 3.8) is 0 Å². The van der Waals surface area contributed by atoms with E-state index in [9.17, 15) is 4.79 Å². The maximum absolute atomic E-state index is 12.6. The third kappa shape index (κ3) is 6.47. The molecule has 0 saturated carbocycles. The highest BCUT2D eigenvalue weighted by molar-refractivity contribution is 5.85. The number of hydrogen-bond acceptors (Lipinski definition) is 4. The van der Waals surface area contributed by atoms with E-state index in [0.29, 0.717) is 19.4 Å². The molecule has 7 heteroatoms. The minimum absolute atomic E-state index is 0. The average Bonchev–Trinajstić information content (AvgIpc) is 3.13. The molecule has 27 heavy (non-hydrogen) atoms. The SMILES string of the molecule is Cc1ccc(CC(NC(=O)[C@@H]2CC[C@H](CN)O2)c2ccccn2)cc1.Cl.Cl. The van der Waals surface area contributed by atoms with Gasteiger partial charge in [-0.25, -0.2) is 0 Å². The number of aromatic nitrogens is 1. The Morgan fingerprint density at radius 1 is 1.22 bits per heavy atom. The zero-order valence-electron chi connectivity index (χ0n) is 15.3. The first-order valence-electron chi connectivity index (χ1n) is 8.78. The number of hydrogen-bond donors (Lipinski definition) is 2. The van der Waals surface area contributed by atoms with Gasteiger partial charge in [0.2, 0.25) is 5.91 Å². The number of nitrogens with zero attached hydrogens (tertiary/aromatic N) is 1. The van der Waals surface area contributed by atoms with E-state index in [1.165, 1.54) is 5.56 Å². The molecule has 0 aliphatic carbocycles. The van der Waals surface area contributed by atoms with Crippen molar-refractivity contribution in [3.8, 4) is 0 Å². The molecule has 1 amide bonds. The standard InChI is InChI=1S/C20H25N3O2.2ClH/c1-14-5-7-15(8-6-14)12-18(17-4-2-3-11-22-17)23-20(24)19-10-9-16(13-21)25-19;;/h2-8,11,16,18-19H,9-10,12-13,21H2,1H3,(H,23,24);2*1H/t16-,18?,19+;;/m1../s1. The quantitative estimate of drug-likeness (QED) is 0.764. The summed E-state index contributed by atoms with van der Waals surface area (Å²) in [5, 5.41) is 3.12. The second-order valence-corrected chi connectivity index (χ2v) is 6.57. The van der Waals surface area contributed by atoms with Crippen LogP contribution >= 0.6 is 24.8 Å². The summed E-state index contributed by atoms with van der Waals surface area (Å²) in [7, 11) is 0. The minimum atomic E-state index is -0.419. The Hall–Kier alpha value is -1.66. The van der Waals surface area contributed by atoms with Crippen LogP contribution in [0.2, 0.25) is 0 Å². The van der Waals surface area contributed by atoms with Crippen LogP contribution in [0.4, 0.5) is 0 Å². The highest BCUT2D eigenvalue weighted by Gasteiger charge is 2.31. The first kappa shape index (κ1) is 23.4. The Labute approximate surface area is 172 Å². The molecule has 3 rings (SSSR count). The summed E-state index contributed by atoms with van der Waals surface area (Å²) in [6.07, 6.45) is 3.56. The molecule has 1 saturated heterocycles. The number of rotatable bonds is 6. The van der Waals surface area contributed by atoms with E-state index < -0.39 is 6.10 Å². The van der Waals surface area contributed by atoms with E-state index in [1.54, 1.807) is 6.20 Å². The molecule has 0 radical (unpaired) electrons. The van der Waals surface area contributed by atoms with Gasteiger partial charge in [-0.15, -0.1) is 24.8 Å². The average molecular weight is 412 g/mol. The molecule has 2 aromatic rings. The first-order chi connectivity index (χ1) is 12.2. The number of aryl methyl sites for hydroxylation is 1.